The van der Waals surface area contributed by atoms with Crippen LogP contribution in [0.1, 0.15) is 33.6 Å². The van der Waals surface area contributed by atoms with Crippen molar-refractivity contribution in [1.29, 1.82) is 0 Å². The van der Waals surface area contributed by atoms with Crippen molar-refractivity contribution in [2.24, 2.45) is 5.92 Å². The number of ether oxygens (including phenoxy) is 1. The normalized spacial score (nSPS) is 24.8. The molecule has 0 saturated carbocycles. The molecule has 0 aromatic carbocycles. The summed E-state index contributed by atoms with van der Waals surface area (Å²) in [6, 6.07) is 0.0688. The van der Waals surface area contributed by atoms with E-state index in [0.29, 0.717) is 19.1 Å². The monoisotopic (exact) mass is 228 g/mol. The van der Waals surface area contributed by atoms with Gasteiger partial charge in [-0.2, -0.15) is 0 Å². The second-order valence-electron chi connectivity index (χ2n) is 4.74. The number of morpholine rings is 1. The molecule has 0 aliphatic carbocycles. The van der Waals surface area contributed by atoms with Gasteiger partial charge in [-0.1, -0.05) is 20.3 Å². The Hall–Kier alpha value is -0.610. The Morgan fingerprint density at radius 3 is 2.88 bits per heavy atom. The van der Waals surface area contributed by atoms with E-state index in [1.165, 1.54) is 0 Å². The molecule has 1 saturated heterocycles. The van der Waals surface area contributed by atoms with Gasteiger partial charge in [0.15, 0.2) is 0 Å². The van der Waals surface area contributed by atoms with Crippen LogP contribution in [0, 0.1) is 5.92 Å². The van der Waals surface area contributed by atoms with Crippen molar-refractivity contribution in [3.63, 3.8) is 0 Å². The van der Waals surface area contributed by atoms with Crippen LogP contribution in [-0.2, 0) is 9.53 Å². The Bertz CT molecular complexity index is 215. The van der Waals surface area contributed by atoms with Crippen LogP contribution >= 0.6 is 0 Å². The van der Waals surface area contributed by atoms with Crippen molar-refractivity contribution in [3.05, 3.63) is 0 Å². The lowest BCUT2D eigenvalue weighted by Gasteiger charge is -2.25. The van der Waals surface area contributed by atoms with E-state index in [2.05, 4.69) is 31.4 Å². The first-order valence-electron chi connectivity index (χ1n) is 6.25. The largest absolute Gasteiger partial charge is 0.378 e. The molecule has 2 N–H and O–H groups in total. The second kappa shape index (κ2) is 6.86. The zero-order chi connectivity index (χ0) is 12.0. The summed E-state index contributed by atoms with van der Waals surface area (Å²) in [4.78, 5) is 11.8. The summed E-state index contributed by atoms with van der Waals surface area (Å²) in [5, 5.41) is 6.19. The van der Waals surface area contributed by atoms with Gasteiger partial charge >= 0.3 is 0 Å². The summed E-state index contributed by atoms with van der Waals surface area (Å²) < 4.78 is 5.26. The Morgan fingerprint density at radius 1 is 1.56 bits per heavy atom. The van der Waals surface area contributed by atoms with Gasteiger partial charge in [0.2, 0.25) is 5.91 Å². The fraction of sp³-hybridized carbons (Fsp3) is 0.917. The number of hydrogen-bond acceptors (Lipinski definition) is 3. The summed E-state index contributed by atoms with van der Waals surface area (Å²) in [5.41, 5.74) is 0. The molecule has 4 heteroatoms. The molecule has 1 aliphatic rings. The maximum absolute atomic E-state index is 11.8. The third-order valence-corrected chi connectivity index (χ3v) is 3.08. The summed E-state index contributed by atoms with van der Waals surface area (Å²) in [6.07, 6.45) is 2.20. The highest BCUT2D eigenvalue weighted by molar-refractivity contribution is 5.82. The van der Waals surface area contributed by atoms with Gasteiger partial charge < -0.3 is 15.4 Å². The van der Waals surface area contributed by atoms with Gasteiger partial charge in [0.1, 0.15) is 6.04 Å². The molecule has 0 aromatic rings. The molecule has 1 fully saturated rings. The van der Waals surface area contributed by atoms with Gasteiger partial charge in [0.05, 0.1) is 13.2 Å². The Morgan fingerprint density at radius 2 is 2.31 bits per heavy atom. The predicted molar refractivity (Wildman–Crippen MR) is 64.3 cm³/mol. The van der Waals surface area contributed by atoms with Crippen molar-refractivity contribution >= 4 is 5.91 Å². The molecule has 16 heavy (non-hydrogen) atoms. The lowest BCUT2D eigenvalue weighted by molar-refractivity contribution is -0.126. The first-order chi connectivity index (χ1) is 7.63. The number of nitrogens with one attached hydrogen (secondary N) is 2. The van der Waals surface area contributed by atoms with Crippen LogP contribution in [0.25, 0.3) is 0 Å². The average molecular weight is 228 g/mol. The highest BCUT2D eigenvalue weighted by Crippen LogP contribution is 2.09. The predicted octanol–water partition coefficient (Wildman–Crippen LogP) is 0.916. The SMILES string of the molecule is CCC(C)CC(C)NC(=O)C1COCCN1. The van der Waals surface area contributed by atoms with Crippen molar-refractivity contribution in [2.75, 3.05) is 19.8 Å². The number of carbonyl (C=O) groups is 1. The molecular formula is C12H24N2O2. The van der Waals surface area contributed by atoms with Crippen molar-refractivity contribution in [3.8, 4) is 0 Å². The van der Waals surface area contributed by atoms with E-state index in [1.807, 2.05) is 0 Å². The third-order valence-electron chi connectivity index (χ3n) is 3.08. The van der Waals surface area contributed by atoms with Crippen LogP contribution in [0.5, 0.6) is 0 Å². The first-order valence-corrected chi connectivity index (χ1v) is 6.25. The van der Waals surface area contributed by atoms with Gasteiger partial charge in [0.25, 0.3) is 0 Å². The number of amides is 1. The van der Waals surface area contributed by atoms with Crippen LogP contribution in [-0.4, -0.2) is 37.7 Å². The van der Waals surface area contributed by atoms with Gasteiger partial charge in [-0.25, -0.2) is 0 Å². The smallest absolute Gasteiger partial charge is 0.239 e. The van der Waals surface area contributed by atoms with Crippen molar-refractivity contribution < 1.29 is 9.53 Å². The van der Waals surface area contributed by atoms with Gasteiger partial charge in [-0.05, 0) is 19.3 Å². The van der Waals surface area contributed by atoms with Crippen molar-refractivity contribution in [1.82, 2.24) is 10.6 Å². The summed E-state index contributed by atoms with van der Waals surface area (Å²) >= 11 is 0. The summed E-state index contributed by atoms with van der Waals surface area (Å²) in [7, 11) is 0. The van der Waals surface area contributed by atoms with E-state index in [4.69, 9.17) is 4.74 Å². The van der Waals surface area contributed by atoms with E-state index in [0.717, 1.165) is 19.4 Å². The fourth-order valence-corrected chi connectivity index (χ4v) is 1.91. The molecule has 1 heterocycles. The van der Waals surface area contributed by atoms with E-state index >= 15 is 0 Å². The van der Waals surface area contributed by atoms with Gasteiger partial charge in [0, 0.05) is 12.6 Å². The van der Waals surface area contributed by atoms with Crippen LogP contribution in [0.2, 0.25) is 0 Å². The van der Waals surface area contributed by atoms with E-state index < -0.39 is 0 Å². The standard InChI is InChI=1S/C12H24N2O2/c1-4-9(2)7-10(3)14-12(15)11-8-16-6-5-13-11/h9-11,13H,4-8H2,1-3H3,(H,14,15). The third kappa shape index (κ3) is 4.49. The van der Waals surface area contributed by atoms with Crippen LogP contribution in [0.4, 0.5) is 0 Å². The molecule has 0 spiro atoms. The van der Waals surface area contributed by atoms with E-state index in [9.17, 15) is 4.79 Å². The molecule has 1 amide bonds. The molecule has 3 unspecified atom stereocenters. The molecule has 94 valence electrons. The van der Waals surface area contributed by atoms with Crippen LogP contribution < -0.4 is 10.6 Å². The maximum atomic E-state index is 11.8. The van der Waals surface area contributed by atoms with Gasteiger partial charge in [-0.15, -0.1) is 0 Å². The van der Waals surface area contributed by atoms with Crippen LogP contribution in [0.15, 0.2) is 0 Å². The summed E-state index contributed by atoms with van der Waals surface area (Å²) in [5.74, 6) is 0.723. The minimum absolute atomic E-state index is 0.0653. The van der Waals surface area contributed by atoms with Crippen molar-refractivity contribution in [2.45, 2.75) is 45.7 Å². The molecule has 4 nitrogen and oxygen atoms in total. The number of hydrogen-bond donors (Lipinski definition) is 2. The zero-order valence-corrected chi connectivity index (χ0v) is 10.6. The van der Waals surface area contributed by atoms with E-state index in [1.54, 1.807) is 0 Å². The zero-order valence-electron chi connectivity index (χ0n) is 10.6. The lowest BCUT2D eigenvalue weighted by atomic mass is 10.0. The second-order valence-corrected chi connectivity index (χ2v) is 4.74. The quantitative estimate of drug-likeness (QED) is 0.735. The highest BCUT2D eigenvalue weighted by Gasteiger charge is 2.22. The van der Waals surface area contributed by atoms with Gasteiger partial charge in [-0.3, -0.25) is 4.79 Å². The topological polar surface area (TPSA) is 50.4 Å². The summed E-state index contributed by atoms with van der Waals surface area (Å²) in [6.45, 7) is 8.40. The molecule has 1 rings (SSSR count). The fourth-order valence-electron chi connectivity index (χ4n) is 1.91. The highest BCUT2D eigenvalue weighted by atomic mass is 16.5. The maximum Gasteiger partial charge on any atom is 0.239 e. The number of rotatable bonds is 5. The minimum Gasteiger partial charge on any atom is -0.378 e. The average Bonchev–Trinajstić information content (AvgIpc) is 2.29. The molecule has 0 bridgehead atoms. The first kappa shape index (κ1) is 13.5. The minimum atomic E-state index is -0.173. The van der Waals surface area contributed by atoms with E-state index in [-0.39, 0.29) is 18.0 Å². The Kier molecular flexibility index (Phi) is 5.77. The lowest BCUT2D eigenvalue weighted by Crippen LogP contribution is -2.53. The molecule has 0 radical (unpaired) electrons. The Labute approximate surface area is 98.1 Å². The Balaban J connectivity index is 2.26. The molecule has 0 aromatic heterocycles. The molecular weight excluding hydrogens is 204 g/mol. The molecule has 1 aliphatic heterocycles. The number of carbonyl (C=O) groups excluding carboxylic acids is 1. The molecule has 3 atom stereocenters. The van der Waals surface area contributed by atoms with Crippen LogP contribution in [0.3, 0.4) is 0 Å².